The standard InChI is InChI=1S/C18H16ClFN4O/c1-11(2)17-16(18(25)21-14-7-5-13(20)6-8-14)22-23-24(17)15-9-3-12(19)4-10-15/h3-11H,1-2H3,(H,21,25). The second kappa shape index (κ2) is 7.03. The normalized spacial score (nSPS) is 10.9. The first kappa shape index (κ1) is 17.1. The minimum absolute atomic E-state index is 0.0136. The molecule has 1 aromatic heterocycles. The van der Waals surface area contributed by atoms with Gasteiger partial charge in [0.15, 0.2) is 5.69 Å². The fourth-order valence-electron chi connectivity index (χ4n) is 2.47. The Morgan fingerprint density at radius 1 is 1.12 bits per heavy atom. The zero-order chi connectivity index (χ0) is 18.0. The lowest BCUT2D eigenvalue weighted by molar-refractivity contribution is 0.102. The van der Waals surface area contributed by atoms with Crippen molar-refractivity contribution in [3.63, 3.8) is 0 Å². The molecule has 25 heavy (non-hydrogen) atoms. The van der Waals surface area contributed by atoms with Crippen LogP contribution >= 0.6 is 11.6 Å². The van der Waals surface area contributed by atoms with E-state index in [1.807, 2.05) is 26.0 Å². The Morgan fingerprint density at radius 3 is 2.36 bits per heavy atom. The van der Waals surface area contributed by atoms with E-state index in [0.29, 0.717) is 16.4 Å². The van der Waals surface area contributed by atoms with Crippen LogP contribution in [0.25, 0.3) is 5.69 Å². The van der Waals surface area contributed by atoms with Gasteiger partial charge in [0.25, 0.3) is 5.91 Å². The molecule has 0 unspecified atom stereocenters. The predicted molar refractivity (Wildman–Crippen MR) is 94.8 cm³/mol. The molecule has 3 aromatic rings. The smallest absolute Gasteiger partial charge is 0.278 e. The Labute approximate surface area is 149 Å². The van der Waals surface area contributed by atoms with Crippen LogP contribution in [0.4, 0.5) is 10.1 Å². The van der Waals surface area contributed by atoms with Gasteiger partial charge in [-0.05, 0) is 54.4 Å². The molecule has 0 atom stereocenters. The van der Waals surface area contributed by atoms with Gasteiger partial charge < -0.3 is 5.32 Å². The summed E-state index contributed by atoms with van der Waals surface area (Å²) < 4.78 is 14.6. The van der Waals surface area contributed by atoms with Crippen molar-refractivity contribution in [3.8, 4) is 5.69 Å². The van der Waals surface area contributed by atoms with Gasteiger partial charge in [-0.3, -0.25) is 4.79 Å². The number of hydrogen-bond acceptors (Lipinski definition) is 3. The molecule has 128 valence electrons. The Hall–Kier alpha value is -2.73. The van der Waals surface area contributed by atoms with E-state index >= 15 is 0 Å². The van der Waals surface area contributed by atoms with E-state index in [4.69, 9.17) is 11.6 Å². The fourth-order valence-corrected chi connectivity index (χ4v) is 2.59. The van der Waals surface area contributed by atoms with Crippen LogP contribution in [0.15, 0.2) is 48.5 Å². The number of hydrogen-bond donors (Lipinski definition) is 1. The summed E-state index contributed by atoms with van der Waals surface area (Å²) in [6.45, 7) is 3.92. The van der Waals surface area contributed by atoms with Gasteiger partial charge in [-0.15, -0.1) is 5.10 Å². The molecule has 0 spiro atoms. The summed E-state index contributed by atoms with van der Waals surface area (Å²) in [5, 5.41) is 11.5. The molecule has 0 radical (unpaired) electrons. The maximum absolute atomic E-state index is 13.0. The molecular formula is C18H16ClFN4O. The molecule has 1 amide bonds. The zero-order valence-electron chi connectivity index (χ0n) is 13.7. The van der Waals surface area contributed by atoms with Crippen LogP contribution < -0.4 is 5.32 Å². The molecule has 0 bridgehead atoms. The Kier molecular flexibility index (Phi) is 4.81. The van der Waals surface area contributed by atoms with Crippen molar-refractivity contribution < 1.29 is 9.18 Å². The number of carbonyl (C=O) groups is 1. The van der Waals surface area contributed by atoms with Gasteiger partial charge in [-0.2, -0.15) is 0 Å². The number of aromatic nitrogens is 3. The van der Waals surface area contributed by atoms with Crippen LogP contribution in [0.2, 0.25) is 5.02 Å². The molecule has 3 rings (SSSR count). The van der Waals surface area contributed by atoms with Gasteiger partial charge in [0.05, 0.1) is 11.4 Å². The topological polar surface area (TPSA) is 59.8 Å². The van der Waals surface area contributed by atoms with Gasteiger partial charge in [0.1, 0.15) is 5.82 Å². The average Bonchev–Trinajstić information content (AvgIpc) is 3.03. The minimum Gasteiger partial charge on any atom is -0.321 e. The first-order chi connectivity index (χ1) is 12.0. The van der Waals surface area contributed by atoms with Gasteiger partial charge in [0.2, 0.25) is 0 Å². The largest absolute Gasteiger partial charge is 0.321 e. The van der Waals surface area contributed by atoms with Crippen LogP contribution in [-0.2, 0) is 0 Å². The lowest BCUT2D eigenvalue weighted by atomic mass is 10.1. The maximum Gasteiger partial charge on any atom is 0.278 e. The number of halogens is 2. The van der Waals surface area contributed by atoms with Crippen molar-refractivity contribution in [1.82, 2.24) is 15.0 Å². The summed E-state index contributed by atoms with van der Waals surface area (Å²) in [5.41, 5.74) is 2.17. The number of nitrogens with one attached hydrogen (secondary N) is 1. The third-order valence-corrected chi connectivity index (χ3v) is 3.89. The summed E-state index contributed by atoms with van der Waals surface area (Å²) in [5.74, 6) is -0.746. The van der Waals surface area contributed by atoms with Crippen molar-refractivity contribution in [2.45, 2.75) is 19.8 Å². The molecule has 0 saturated heterocycles. The van der Waals surface area contributed by atoms with Gasteiger partial charge >= 0.3 is 0 Å². The molecule has 7 heteroatoms. The number of benzene rings is 2. The van der Waals surface area contributed by atoms with Crippen molar-refractivity contribution in [1.29, 1.82) is 0 Å². The SMILES string of the molecule is CC(C)c1c(C(=O)Nc2ccc(F)cc2)nnn1-c1ccc(Cl)cc1. The summed E-state index contributed by atoms with van der Waals surface area (Å²) in [6, 6.07) is 12.7. The first-order valence-electron chi connectivity index (χ1n) is 7.74. The Balaban J connectivity index is 1.94. The van der Waals surface area contributed by atoms with Gasteiger partial charge in [0, 0.05) is 10.7 Å². The third-order valence-electron chi connectivity index (χ3n) is 3.64. The Bertz CT molecular complexity index is 888. The highest BCUT2D eigenvalue weighted by Crippen LogP contribution is 2.23. The summed E-state index contributed by atoms with van der Waals surface area (Å²) >= 11 is 5.92. The molecule has 2 aromatic carbocycles. The highest BCUT2D eigenvalue weighted by Gasteiger charge is 2.23. The van der Waals surface area contributed by atoms with Crippen LogP contribution in [0, 0.1) is 5.82 Å². The van der Waals surface area contributed by atoms with Crippen molar-refractivity contribution >= 4 is 23.2 Å². The fraction of sp³-hybridized carbons (Fsp3) is 0.167. The van der Waals surface area contributed by atoms with E-state index in [1.165, 1.54) is 24.3 Å². The van der Waals surface area contributed by atoms with Crippen LogP contribution in [-0.4, -0.2) is 20.9 Å². The van der Waals surface area contributed by atoms with E-state index in [-0.39, 0.29) is 17.4 Å². The highest BCUT2D eigenvalue weighted by atomic mass is 35.5. The number of amides is 1. The summed E-state index contributed by atoms with van der Waals surface area (Å²) in [4.78, 5) is 12.6. The highest BCUT2D eigenvalue weighted by molar-refractivity contribution is 6.30. The molecule has 1 heterocycles. The monoisotopic (exact) mass is 358 g/mol. The number of anilines is 1. The Morgan fingerprint density at radius 2 is 1.76 bits per heavy atom. The lowest BCUT2D eigenvalue weighted by Gasteiger charge is -2.11. The van der Waals surface area contributed by atoms with Crippen molar-refractivity contribution in [3.05, 3.63) is 70.8 Å². The minimum atomic E-state index is -0.393. The quantitative estimate of drug-likeness (QED) is 0.750. The van der Waals surface area contributed by atoms with E-state index in [9.17, 15) is 9.18 Å². The van der Waals surface area contributed by atoms with Crippen molar-refractivity contribution in [2.75, 3.05) is 5.32 Å². The second-order valence-electron chi connectivity index (χ2n) is 5.83. The van der Waals surface area contributed by atoms with Crippen LogP contribution in [0.3, 0.4) is 0 Å². The van der Waals surface area contributed by atoms with Crippen molar-refractivity contribution in [2.24, 2.45) is 0 Å². The van der Waals surface area contributed by atoms with Crippen LogP contribution in [0.5, 0.6) is 0 Å². The lowest BCUT2D eigenvalue weighted by Crippen LogP contribution is -2.16. The van der Waals surface area contributed by atoms with E-state index < -0.39 is 5.91 Å². The molecule has 5 nitrogen and oxygen atoms in total. The van der Waals surface area contributed by atoms with E-state index in [2.05, 4.69) is 15.6 Å². The van der Waals surface area contributed by atoms with Gasteiger partial charge in [-0.25, -0.2) is 9.07 Å². The van der Waals surface area contributed by atoms with E-state index in [0.717, 1.165) is 5.69 Å². The van der Waals surface area contributed by atoms with E-state index in [1.54, 1.807) is 16.8 Å². The third kappa shape index (κ3) is 3.69. The zero-order valence-corrected chi connectivity index (χ0v) is 14.5. The molecule has 0 fully saturated rings. The summed E-state index contributed by atoms with van der Waals surface area (Å²) in [6.07, 6.45) is 0. The number of rotatable bonds is 4. The molecular weight excluding hydrogens is 343 g/mol. The second-order valence-corrected chi connectivity index (χ2v) is 6.26. The molecule has 0 aliphatic rings. The molecule has 0 aliphatic heterocycles. The van der Waals surface area contributed by atoms with Gasteiger partial charge in [-0.1, -0.05) is 30.7 Å². The van der Waals surface area contributed by atoms with Crippen LogP contribution in [0.1, 0.15) is 35.9 Å². The maximum atomic E-state index is 13.0. The molecule has 0 aliphatic carbocycles. The summed E-state index contributed by atoms with van der Waals surface area (Å²) in [7, 11) is 0. The average molecular weight is 359 g/mol. The first-order valence-corrected chi connectivity index (χ1v) is 8.12. The number of nitrogens with zero attached hydrogens (tertiary/aromatic N) is 3. The molecule has 0 saturated carbocycles. The predicted octanol–water partition coefficient (Wildman–Crippen LogP) is 4.44. The molecule has 1 N–H and O–H groups in total. The number of carbonyl (C=O) groups excluding carboxylic acids is 1.